The molecule has 0 radical (unpaired) electrons. The largest absolute Gasteiger partial charge is 0.423 e. The molecule has 3 aromatic carbocycles. The third kappa shape index (κ3) is 4.47. The maximum absolute atomic E-state index is 12.1. The van der Waals surface area contributed by atoms with Crippen LogP contribution in [0.1, 0.15) is 29.7 Å². The van der Waals surface area contributed by atoms with Gasteiger partial charge >= 0.3 is 5.63 Å². The molecule has 1 aromatic heterocycles. The first-order valence-electron chi connectivity index (χ1n) is 9.78. The molecular weight excluding hydrogens is 376 g/mol. The lowest BCUT2D eigenvalue weighted by atomic mass is 9.98. The minimum absolute atomic E-state index is 0.0200. The summed E-state index contributed by atoms with van der Waals surface area (Å²) < 4.78 is 5.37. The van der Waals surface area contributed by atoms with Gasteiger partial charge in [-0.2, -0.15) is 0 Å². The molecule has 0 aliphatic rings. The average molecular weight is 398 g/mol. The zero-order chi connectivity index (χ0) is 20.9. The van der Waals surface area contributed by atoms with Crippen molar-refractivity contribution in [2.75, 3.05) is 5.32 Å². The highest BCUT2D eigenvalue weighted by atomic mass is 16.4. The molecule has 0 fully saturated rings. The second kappa shape index (κ2) is 8.76. The highest BCUT2D eigenvalue weighted by Gasteiger charge is 2.15. The van der Waals surface area contributed by atoms with Crippen LogP contribution in [0.4, 0.5) is 5.69 Å². The van der Waals surface area contributed by atoms with Crippen molar-refractivity contribution in [1.29, 1.82) is 0 Å². The van der Waals surface area contributed by atoms with E-state index in [9.17, 15) is 9.59 Å². The summed E-state index contributed by atoms with van der Waals surface area (Å²) in [5.74, 6) is -0.178. The molecule has 0 unspecified atom stereocenters. The predicted molar refractivity (Wildman–Crippen MR) is 118 cm³/mol. The summed E-state index contributed by atoms with van der Waals surface area (Å²) in [6.45, 7) is 1.92. The molecule has 2 N–H and O–H groups in total. The standard InChI is InChI=1S/C25H22N2O3/c1-17(28)27-21-12-13-22-20(14-24(29)30-23(22)15-21)16-26-25(18-8-4-2-5-9-18)19-10-6-3-7-11-19/h2-15,25-26H,16H2,1H3,(H,27,28). The number of carbonyl (C=O) groups excluding carboxylic acids is 1. The van der Waals surface area contributed by atoms with Crippen LogP contribution < -0.4 is 16.3 Å². The van der Waals surface area contributed by atoms with Crippen LogP contribution in [0.15, 0.2) is 94.1 Å². The molecule has 150 valence electrons. The van der Waals surface area contributed by atoms with Gasteiger partial charge in [0, 0.05) is 36.7 Å². The van der Waals surface area contributed by atoms with Gasteiger partial charge in [-0.3, -0.25) is 4.79 Å². The van der Waals surface area contributed by atoms with E-state index in [4.69, 9.17) is 4.42 Å². The fourth-order valence-electron chi connectivity index (χ4n) is 3.59. The Labute approximate surface area is 174 Å². The van der Waals surface area contributed by atoms with Gasteiger partial charge in [0.05, 0.1) is 6.04 Å². The first-order valence-corrected chi connectivity index (χ1v) is 9.78. The lowest BCUT2D eigenvalue weighted by Crippen LogP contribution is -2.22. The lowest BCUT2D eigenvalue weighted by Gasteiger charge is -2.20. The number of carbonyl (C=O) groups is 1. The topological polar surface area (TPSA) is 71.3 Å². The Morgan fingerprint density at radius 1 is 0.900 bits per heavy atom. The van der Waals surface area contributed by atoms with E-state index in [1.807, 2.05) is 42.5 Å². The van der Waals surface area contributed by atoms with Gasteiger partial charge < -0.3 is 15.1 Å². The summed E-state index contributed by atoms with van der Waals surface area (Å²) >= 11 is 0. The Bertz CT molecular complexity index is 1180. The molecule has 4 aromatic rings. The Morgan fingerprint density at radius 3 is 2.13 bits per heavy atom. The number of nitrogens with one attached hydrogen (secondary N) is 2. The quantitative estimate of drug-likeness (QED) is 0.465. The minimum atomic E-state index is -0.421. The van der Waals surface area contributed by atoms with Gasteiger partial charge in [-0.05, 0) is 28.8 Å². The molecule has 0 aliphatic carbocycles. The Kier molecular flexibility index (Phi) is 5.72. The molecule has 0 atom stereocenters. The van der Waals surface area contributed by atoms with Crippen molar-refractivity contribution >= 4 is 22.6 Å². The van der Waals surface area contributed by atoms with Crippen LogP contribution >= 0.6 is 0 Å². The number of fused-ring (bicyclic) bond motifs is 1. The van der Waals surface area contributed by atoms with E-state index in [0.717, 1.165) is 22.1 Å². The van der Waals surface area contributed by atoms with E-state index < -0.39 is 5.63 Å². The van der Waals surface area contributed by atoms with E-state index in [0.29, 0.717) is 17.8 Å². The molecule has 4 rings (SSSR count). The molecule has 5 heteroatoms. The normalized spacial score (nSPS) is 11.0. The summed E-state index contributed by atoms with van der Waals surface area (Å²) in [6, 6.07) is 27.2. The summed E-state index contributed by atoms with van der Waals surface area (Å²) in [7, 11) is 0. The maximum atomic E-state index is 12.1. The van der Waals surface area contributed by atoms with E-state index in [-0.39, 0.29) is 11.9 Å². The molecule has 1 heterocycles. The monoisotopic (exact) mass is 398 g/mol. The van der Waals surface area contributed by atoms with Crippen LogP contribution in [0.3, 0.4) is 0 Å². The van der Waals surface area contributed by atoms with E-state index in [2.05, 4.69) is 34.9 Å². The van der Waals surface area contributed by atoms with E-state index in [1.54, 1.807) is 12.1 Å². The van der Waals surface area contributed by atoms with Crippen molar-refractivity contribution < 1.29 is 9.21 Å². The SMILES string of the molecule is CC(=O)Nc1ccc2c(CNC(c3ccccc3)c3ccccc3)cc(=O)oc2c1. The van der Waals surface area contributed by atoms with Gasteiger partial charge in [-0.25, -0.2) is 4.79 Å². The fourth-order valence-corrected chi connectivity index (χ4v) is 3.59. The van der Waals surface area contributed by atoms with E-state index >= 15 is 0 Å². The third-order valence-electron chi connectivity index (χ3n) is 4.91. The van der Waals surface area contributed by atoms with Crippen LogP contribution in [0.2, 0.25) is 0 Å². The number of hydrogen-bond donors (Lipinski definition) is 2. The third-order valence-corrected chi connectivity index (χ3v) is 4.91. The molecule has 0 saturated heterocycles. The smallest absolute Gasteiger partial charge is 0.336 e. The first-order chi connectivity index (χ1) is 14.6. The molecule has 0 spiro atoms. The summed E-state index contributed by atoms with van der Waals surface area (Å²) in [6.07, 6.45) is 0. The molecular formula is C25H22N2O3. The number of anilines is 1. The van der Waals surface area contributed by atoms with Gasteiger partial charge in [0.15, 0.2) is 0 Å². The first kappa shape index (κ1) is 19.6. The summed E-state index contributed by atoms with van der Waals surface area (Å²) in [4.78, 5) is 23.5. The lowest BCUT2D eigenvalue weighted by molar-refractivity contribution is -0.114. The molecule has 0 aliphatic heterocycles. The van der Waals surface area contributed by atoms with Crippen LogP contribution in [0.5, 0.6) is 0 Å². The van der Waals surface area contributed by atoms with Crippen molar-refractivity contribution in [3.8, 4) is 0 Å². The highest BCUT2D eigenvalue weighted by Crippen LogP contribution is 2.25. The number of benzene rings is 3. The van der Waals surface area contributed by atoms with Crippen molar-refractivity contribution in [1.82, 2.24) is 5.32 Å². The molecule has 0 bridgehead atoms. The van der Waals surface area contributed by atoms with Crippen LogP contribution in [0.25, 0.3) is 11.0 Å². The van der Waals surface area contributed by atoms with Gasteiger partial charge in [-0.15, -0.1) is 0 Å². The number of amides is 1. The Morgan fingerprint density at radius 2 is 1.53 bits per heavy atom. The second-order valence-corrected chi connectivity index (χ2v) is 7.12. The Balaban J connectivity index is 1.67. The molecule has 30 heavy (non-hydrogen) atoms. The molecule has 1 amide bonds. The summed E-state index contributed by atoms with van der Waals surface area (Å²) in [5, 5.41) is 7.13. The van der Waals surface area contributed by atoms with E-state index in [1.165, 1.54) is 13.0 Å². The maximum Gasteiger partial charge on any atom is 0.336 e. The predicted octanol–water partition coefficient (Wildman–Crippen LogP) is 4.63. The van der Waals surface area contributed by atoms with Crippen LogP contribution in [0, 0.1) is 0 Å². The average Bonchev–Trinajstić information content (AvgIpc) is 2.74. The Hall–Kier alpha value is -3.70. The molecule has 0 saturated carbocycles. The number of hydrogen-bond acceptors (Lipinski definition) is 4. The van der Waals surface area contributed by atoms with Gasteiger partial charge in [0.25, 0.3) is 0 Å². The van der Waals surface area contributed by atoms with Crippen molar-refractivity contribution in [2.45, 2.75) is 19.5 Å². The fraction of sp³-hybridized carbons (Fsp3) is 0.120. The van der Waals surface area contributed by atoms with Crippen LogP contribution in [-0.4, -0.2) is 5.91 Å². The van der Waals surface area contributed by atoms with Crippen LogP contribution in [-0.2, 0) is 11.3 Å². The number of rotatable bonds is 6. The van der Waals surface area contributed by atoms with Gasteiger partial charge in [0.1, 0.15) is 5.58 Å². The zero-order valence-electron chi connectivity index (χ0n) is 16.6. The minimum Gasteiger partial charge on any atom is -0.423 e. The molecule has 5 nitrogen and oxygen atoms in total. The highest BCUT2D eigenvalue weighted by molar-refractivity contribution is 5.92. The van der Waals surface area contributed by atoms with Crippen molar-refractivity contribution in [2.24, 2.45) is 0 Å². The van der Waals surface area contributed by atoms with Gasteiger partial charge in [0.2, 0.25) is 5.91 Å². The van der Waals surface area contributed by atoms with Crippen molar-refractivity contribution in [3.05, 3.63) is 112 Å². The second-order valence-electron chi connectivity index (χ2n) is 7.12. The van der Waals surface area contributed by atoms with Gasteiger partial charge in [-0.1, -0.05) is 60.7 Å². The zero-order valence-corrected chi connectivity index (χ0v) is 16.6. The summed E-state index contributed by atoms with van der Waals surface area (Å²) in [5.41, 5.74) is 3.74. The van der Waals surface area contributed by atoms with Crippen molar-refractivity contribution in [3.63, 3.8) is 0 Å².